The van der Waals surface area contributed by atoms with Crippen molar-refractivity contribution in [2.75, 3.05) is 12.4 Å². The number of hydrogen-bond acceptors (Lipinski definition) is 4. The lowest BCUT2D eigenvalue weighted by Crippen LogP contribution is -1.99. The average molecular weight is 279 g/mol. The van der Waals surface area contributed by atoms with Crippen LogP contribution in [-0.4, -0.2) is 17.0 Å². The molecular weight excluding hydrogens is 262 g/mol. The van der Waals surface area contributed by atoms with Crippen molar-refractivity contribution < 1.29 is 4.74 Å². The molecule has 4 nitrogen and oxygen atoms in total. The van der Waals surface area contributed by atoms with Gasteiger partial charge in [-0.25, -0.2) is 4.98 Å². The molecule has 106 valence electrons. The Bertz CT molecular complexity index is 771. The average Bonchev–Trinajstić information content (AvgIpc) is 2.55. The van der Waals surface area contributed by atoms with E-state index in [4.69, 9.17) is 4.74 Å². The quantitative estimate of drug-likeness (QED) is 0.783. The molecule has 0 aliphatic heterocycles. The Labute approximate surface area is 123 Å². The molecule has 0 radical (unpaired) electrons. The Balaban J connectivity index is 2.06. The van der Waals surface area contributed by atoms with E-state index < -0.39 is 0 Å². The van der Waals surface area contributed by atoms with E-state index in [1.165, 1.54) is 5.56 Å². The lowest BCUT2D eigenvalue weighted by Gasteiger charge is -2.10. The minimum Gasteiger partial charge on any atom is -0.438 e. The molecule has 0 fully saturated rings. The molecule has 0 saturated carbocycles. The van der Waals surface area contributed by atoms with E-state index in [-0.39, 0.29) is 0 Å². The van der Waals surface area contributed by atoms with Gasteiger partial charge in [0.15, 0.2) is 0 Å². The molecule has 21 heavy (non-hydrogen) atoms. The molecule has 1 aromatic heterocycles. The number of para-hydroxylation sites is 1. The summed E-state index contributed by atoms with van der Waals surface area (Å²) in [6.07, 6.45) is 0.976. The molecule has 0 aliphatic carbocycles. The summed E-state index contributed by atoms with van der Waals surface area (Å²) < 4.78 is 5.99. The molecule has 3 rings (SSSR count). The highest BCUT2D eigenvalue weighted by Crippen LogP contribution is 2.28. The molecule has 0 atom stereocenters. The molecule has 0 unspecified atom stereocenters. The van der Waals surface area contributed by atoms with Crippen molar-refractivity contribution in [2.45, 2.75) is 13.3 Å². The third kappa shape index (κ3) is 2.79. The smallest absolute Gasteiger partial charge is 0.231 e. The molecular formula is C17H17N3O. The van der Waals surface area contributed by atoms with Crippen LogP contribution in [0.2, 0.25) is 0 Å². The Morgan fingerprint density at radius 2 is 1.90 bits per heavy atom. The van der Waals surface area contributed by atoms with Gasteiger partial charge in [-0.15, -0.1) is 0 Å². The van der Waals surface area contributed by atoms with E-state index in [0.29, 0.717) is 11.8 Å². The van der Waals surface area contributed by atoms with Gasteiger partial charge in [0, 0.05) is 7.05 Å². The number of anilines is 1. The lowest BCUT2D eigenvalue weighted by molar-refractivity contribution is 0.468. The maximum absolute atomic E-state index is 5.99. The Morgan fingerprint density at radius 3 is 2.71 bits per heavy atom. The second-order valence-electron chi connectivity index (χ2n) is 4.72. The van der Waals surface area contributed by atoms with Crippen LogP contribution in [-0.2, 0) is 6.42 Å². The molecule has 1 N–H and O–H groups in total. The fourth-order valence-corrected chi connectivity index (χ4v) is 2.18. The molecule has 0 spiro atoms. The third-order valence-corrected chi connectivity index (χ3v) is 3.31. The zero-order valence-corrected chi connectivity index (χ0v) is 12.1. The first-order valence-corrected chi connectivity index (χ1v) is 7.01. The number of fused-ring (bicyclic) bond motifs is 1. The van der Waals surface area contributed by atoms with Gasteiger partial charge in [-0.2, -0.15) is 4.98 Å². The van der Waals surface area contributed by atoms with Gasteiger partial charge >= 0.3 is 0 Å². The molecule has 2 aromatic carbocycles. The van der Waals surface area contributed by atoms with Crippen LogP contribution in [0.5, 0.6) is 11.6 Å². The highest BCUT2D eigenvalue weighted by atomic mass is 16.5. The zero-order chi connectivity index (χ0) is 14.7. The predicted molar refractivity (Wildman–Crippen MR) is 85.0 cm³/mol. The Hall–Kier alpha value is -2.62. The summed E-state index contributed by atoms with van der Waals surface area (Å²) in [5.41, 5.74) is 2.10. The SMILES string of the molecule is CCc1cccc(Oc2nc(NC)nc3ccccc23)c1. The first-order valence-electron chi connectivity index (χ1n) is 7.01. The summed E-state index contributed by atoms with van der Waals surface area (Å²) in [6, 6.07) is 15.9. The fraction of sp³-hybridized carbons (Fsp3) is 0.176. The van der Waals surface area contributed by atoms with Crippen LogP contribution in [0, 0.1) is 0 Å². The molecule has 0 aliphatic rings. The van der Waals surface area contributed by atoms with E-state index in [1.54, 1.807) is 7.05 Å². The largest absolute Gasteiger partial charge is 0.438 e. The van der Waals surface area contributed by atoms with E-state index in [9.17, 15) is 0 Å². The number of rotatable bonds is 4. The summed E-state index contributed by atoms with van der Waals surface area (Å²) in [5.74, 6) is 1.91. The van der Waals surface area contributed by atoms with E-state index in [1.807, 2.05) is 42.5 Å². The number of hydrogen-bond donors (Lipinski definition) is 1. The van der Waals surface area contributed by atoms with Crippen LogP contribution >= 0.6 is 0 Å². The van der Waals surface area contributed by atoms with Crippen LogP contribution in [0.3, 0.4) is 0 Å². The molecule has 1 heterocycles. The first kappa shape index (κ1) is 13.4. The van der Waals surface area contributed by atoms with Crippen molar-refractivity contribution >= 4 is 16.9 Å². The molecule has 0 bridgehead atoms. The van der Waals surface area contributed by atoms with Crippen LogP contribution in [0.15, 0.2) is 48.5 Å². The third-order valence-electron chi connectivity index (χ3n) is 3.31. The molecule has 0 saturated heterocycles. The predicted octanol–water partition coefficient (Wildman–Crippen LogP) is 4.03. The standard InChI is InChI=1S/C17H17N3O/c1-3-12-7-6-8-13(11-12)21-16-14-9-4-5-10-15(14)19-17(18-2)20-16/h4-11H,3H2,1-2H3,(H,18,19,20). The zero-order valence-electron chi connectivity index (χ0n) is 12.1. The number of nitrogens with one attached hydrogen (secondary N) is 1. The van der Waals surface area contributed by atoms with Gasteiger partial charge in [0.2, 0.25) is 11.8 Å². The van der Waals surface area contributed by atoms with Gasteiger partial charge < -0.3 is 10.1 Å². The Kier molecular flexibility index (Phi) is 3.69. The maximum atomic E-state index is 5.99. The van der Waals surface area contributed by atoms with Gasteiger partial charge in [0.05, 0.1) is 10.9 Å². The van der Waals surface area contributed by atoms with Crippen molar-refractivity contribution in [1.29, 1.82) is 0 Å². The van der Waals surface area contributed by atoms with Gasteiger partial charge in [-0.3, -0.25) is 0 Å². The summed E-state index contributed by atoms with van der Waals surface area (Å²) in [5, 5.41) is 3.87. The second kappa shape index (κ2) is 5.79. The second-order valence-corrected chi connectivity index (χ2v) is 4.72. The number of nitrogens with zero attached hydrogens (tertiary/aromatic N) is 2. The van der Waals surface area contributed by atoms with Crippen molar-refractivity contribution in [3.63, 3.8) is 0 Å². The highest BCUT2D eigenvalue weighted by Gasteiger charge is 2.09. The van der Waals surface area contributed by atoms with Gasteiger partial charge in [0.25, 0.3) is 0 Å². The van der Waals surface area contributed by atoms with Crippen molar-refractivity contribution in [2.24, 2.45) is 0 Å². The minimum atomic E-state index is 0.551. The summed E-state index contributed by atoms with van der Waals surface area (Å²) >= 11 is 0. The van der Waals surface area contributed by atoms with Gasteiger partial charge in [-0.1, -0.05) is 31.2 Å². The number of aryl methyl sites for hydroxylation is 1. The summed E-state index contributed by atoms with van der Waals surface area (Å²) in [6.45, 7) is 2.12. The maximum Gasteiger partial charge on any atom is 0.231 e. The van der Waals surface area contributed by atoms with Crippen LogP contribution < -0.4 is 10.1 Å². The first-order chi connectivity index (χ1) is 10.3. The van der Waals surface area contributed by atoms with Gasteiger partial charge in [0.1, 0.15) is 5.75 Å². The number of ether oxygens (including phenoxy) is 1. The highest BCUT2D eigenvalue weighted by molar-refractivity contribution is 5.84. The van der Waals surface area contributed by atoms with E-state index in [2.05, 4.69) is 28.3 Å². The lowest BCUT2D eigenvalue weighted by atomic mass is 10.2. The monoisotopic (exact) mass is 279 g/mol. The normalized spacial score (nSPS) is 10.6. The summed E-state index contributed by atoms with van der Waals surface area (Å²) in [7, 11) is 1.80. The molecule has 4 heteroatoms. The van der Waals surface area contributed by atoms with Gasteiger partial charge in [-0.05, 0) is 36.2 Å². The fourth-order valence-electron chi connectivity index (χ4n) is 2.18. The van der Waals surface area contributed by atoms with Crippen LogP contribution in [0.1, 0.15) is 12.5 Å². The topological polar surface area (TPSA) is 47.0 Å². The van der Waals surface area contributed by atoms with Crippen LogP contribution in [0.4, 0.5) is 5.95 Å². The van der Waals surface area contributed by atoms with Crippen molar-refractivity contribution in [3.8, 4) is 11.6 Å². The van der Waals surface area contributed by atoms with Crippen molar-refractivity contribution in [1.82, 2.24) is 9.97 Å². The van der Waals surface area contributed by atoms with Crippen LogP contribution in [0.25, 0.3) is 10.9 Å². The minimum absolute atomic E-state index is 0.551. The van der Waals surface area contributed by atoms with E-state index in [0.717, 1.165) is 23.1 Å². The van der Waals surface area contributed by atoms with Crippen molar-refractivity contribution in [3.05, 3.63) is 54.1 Å². The van der Waals surface area contributed by atoms with E-state index >= 15 is 0 Å². The molecule has 0 amide bonds. The number of benzene rings is 2. The summed E-state index contributed by atoms with van der Waals surface area (Å²) in [4.78, 5) is 8.85. The number of aromatic nitrogens is 2. The Morgan fingerprint density at radius 1 is 1.05 bits per heavy atom. The molecule has 3 aromatic rings.